The van der Waals surface area contributed by atoms with Crippen molar-refractivity contribution < 1.29 is 0 Å². The molecule has 0 spiro atoms. The van der Waals surface area contributed by atoms with Gasteiger partial charge in [0.15, 0.2) is 0 Å². The number of halogens is 2. The number of rotatable bonds is 3. The Balaban J connectivity index is 0.00000128. The third kappa shape index (κ3) is 4.67. The molecule has 0 amide bonds. The summed E-state index contributed by atoms with van der Waals surface area (Å²) in [6.07, 6.45) is 6.74. The summed E-state index contributed by atoms with van der Waals surface area (Å²) in [7, 11) is 0. The molecular formula is C24H31Cl2N3O. The number of H-pyrrole nitrogens is 1. The fourth-order valence-corrected chi connectivity index (χ4v) is 5.12. The number of nitrogens with zero attached hydrogens (tertiary/aromatic N) is 2. The first-order valence-electron chi connectivity index (χ1n) is 10.8. The lowest BCUT2D eigenvalue weighted by Crippen LogP contribution is -2.46. The van der Waals surface area contributed by atoms with E-state index in [0.717, 1.165) is 34.3 Å². The molecule has 3 heterocycles. The highest BCUT2D eigenvalue weighted by Gasteiger charge is 2.25. The third-order valence-electron chi connectivity index (χ3n) is 6.66. The fourth-order valence-electron chi connectivity index (χ4n) is 5.12. The van der Waals surface area contributed by atoms with Crippen LogP contribution in [0.4, 0.5) is 0 Å². The van der Waals surface area contributed by atoms with Gasteiger partial charge in [0.2, 0.25) is 0 Å². The lowest BCUT2D eigenvalue weighted by Gasteiger charge is -2.40. The highest BCUT2D eigenvalue weighted by atomic mass is 35.5. The van der Waals surface area contributed by atoms with E-state index in [4.69, 9.17) is 0 Å². The molecule has 4 nitrogen and oxygen atoms in total. The van der Waals surface area contributed by atoms with Crippen molar-refractivity contribution in [3.63, 3.8) is 0 Å². The largest absolute Gasteiger partial charge is 0.321 e. The molecule has 30 heavy (non-hydrogen) atoms. The van der Waals surface area contributed by atoms with Crippen molar-refractivity contribution in [2.45, 2.75) is 44.7 Å². The first kappa shape index (κ1) is 23.1. The highest BCUT2D eigenvalue weighted by molar-refractivity contribution is 6.05. The quantitative estimate of drug-likeness (QED) is 0.575. The molecule has 3 aromatic rings. The Hall–Kier alpha value is -1.59. The molecule has 0 atom stereocenters. The van der Waals surface area contributed by atoms with Crippen molar-refractivity contribution in [1.29, 1.82) is 0 Å². The topological polar surface area (TPSA) is 39.3 Å². The Morgan fingerprint density at radius 1 is 0.833 bits per heavy atom. The molecule has 1 N–H and O–H groups in total. The summed E-state index contributed by atoms with van der Waals surface area (Å²) in [4.78, 5) is 20.8. The minimum atomic E-state index is 0. The molecule has 0 radical (unpaired) electrons. The fraction of sp³-hybridized carbons (Fsp3) is 0.458. The number of pyridine rings is 1. The normalized spacial score (nSPS) is 18.8. The smallest absolute Gasteiger partial charge is 0.256 e. The zero-order chi connectivity index (χ0) is 18.9. The van der Waals surface area contributed by atoms with Crippen LogP contribution in [0.15, 0.2) is 47.3 Å². The average Bonchev–Trinajstić information content (AvgIpc) is 2.75. The van der Waals surface area contributed by atoms with Gasteiger partial charge in [-0.1, -0.05) is 36.8 Å². The van der Waals surface area contributed by atoms with Gasteiger partial charge in [0.25, 0.3) is 5.56 Å². The number of aromatic nitrogens is 1. The van der Waals surface area contributed by atoms with Crippen LogP contribution in [-0.2, 0) is 6.54 Å². The molecule has 0 unspecified atom stereocenters. The molecule has 2 aliphatic rings. The first-order valence-corrected chi connectivity index (χ1v) is 10.8. The summed E-state index contributed by atoms with van der Waals surface area (Å²) in [5, 5.41) is 2.93. The molecule has 2 aliphatic heterocycles. The summed E-state index contributed by atoms with van der Waals surface area (Å²) in [6, 6.07) is 15.2. The van der Waals surface area contributed by atoms with E-state index in [0.29, 0.717) is 0 Å². The van der Waals surface area contributed by atoms with Gasteiger partial charge in [0.1, 0.15) is 0 Å². The zero-order valence-electron chi connectivity index (χ0n) is 17.3. The van der Waals surface area contributed by atoms with Crippen molar-refractivity contribution >= 4 is 46.5 Å². The SMILES string of the molecule is Cl.Cl.O=c1[nH]c2cc(CN3CCC(N4CCCCC4)CC3)ccc2c2ccccc12. The third-order valence-corrected chi connectivity index (χ3v) is 6.66. The summed E-state index contributed by atoms with van der Waals surface area (Å²) in [5.74, 6) is 0. The minimum absolute atomic E-state index is 0. The standard InChI is InChI=1S/C24H29N3O.2ClH/c28-24-22-7-3-2-6-20(22)21-9-8-18(16-23(21)25-24)17-26-14-10-19(11-15-26)27-12-4-1-5-13-27;;/h2-3,6-9,16,19H,1,4-5,10-15,17H2,(H,25,28);2*1H. The van der Waals surface area contributed by atoms with E-state index >= 15 is 0 Å². The van der Waals surface area contributed by atoms with Crippen LogP contribution in [-0.4, -0.2) is 47.0 Å². The maximum Gasteiger partial charge on any atom is 0.256 e. The van der Waals surface area contributed by atoms with E-state index in [2.05, 4.69) is 33.0 Å². The first-order chi connectivity index (χ1) is 13.8. The molecular weight excluding hydrogens is 417 g/mol. The molecule has 162 valence electrons. The molecule has 0 aliphatic carbocycles. The zero-order valence-corrected chi connectivity index (χ0v) is 18.9. The number of nitrogens with one attached hydrogen (secondary N) is 1. The Labute approximate surface area is 190 Å². The number of fused-ring (bicyclic) bond motifs is 3. The van der Waals surface area contributed by atoms with Crippen molar-refractivity contribution in [3.05, 3.63) is 58.4 Å². The van der Waals surface area contributed by atoms with Gasteiger partial charge in [-0.25, -0.2) is 0 Å². The van der Waals surface area contributed by atoms with E-state index in [1.165, 1.54) is 63.8 Å². The van der Waals surface area contributed by atoms with E-state index in [-0.39, 0.29) is 30.4 Å². The summed E-state index contributed by atoms with van der Waals surface area (Å²) in [6.45, 7) is 5.92. The Morgan fingerprint density at radius 3 is 2.27 bits per heavy atom. The van der Waals surface area contributed by atoms with Crippen LogP contribution in [0, 0.1) is 0 Å². The van der Waals surface area contributed by atoms with Gasteiger partial charge in [-0.15, -0.1) is 24.8 Å². The number of hydrogen-bond donors (Lipinski definition) is 1. The molecule has 2 aromatic carbocycles. The van der Waals surface area contributed by atoms with Crippen LogP contribution in [0.5, 0.6) is 0 Å². The van der Waals surface area contributed by atoms with Gasteiger partial charge in [0.05, 0.1) is 0 Å². The van der Waals surface area contributed by atoms with E-state index < -0.39 is 0 Å². The number of piperidine rings is 2. The van der Waals surface area contributed by atoms with Crippen molar-refractivity contribution in [2.24, 2.45) is 0 Å². The summed E-state index contributed by atoms with van der Waals surface area (Å²) in [5.41, 5.74) is 2.24. The molecule has 2 saturated heterocycles. The predicted molar refractivity (Wildman–Crippen MR) is 130 cm³/mol. The van der Waals surface area contributed by atoms with Crippen LogP contribution < -0.4 is 5.56 Å². The van der Waals surface area contributed by atoms with Gasteiger partial charge < -0.3 is 9.88 Å². The predicted octanol–water partition coefficient (Wildman–Crippen LogP) is 4.98. The van der Waals surface area contributed by atoms with Crippen LogP contribution >= 0.6 is 24.8 Å². The average molecular weight is 448 g/mol. The lowest BCUT2D eigenvalue weighted by atomic mass is 9.99. The summed E-state index contributed by atoms with van der Waals surface area (Å²) < 4.78 is 0. The second kappa shape index (κ2) is 10.1. The summed E-state index contributed by atoms with van der Waals surface area (Å²) >= 11 is 0. The maximum atomic E-state index is 12.4. The van der Waals surface area contributed by atoms with Gasteiger partial charge in [-0.2, -0.15) is 0 Å². The number of hydrogen-bond acceptors (Lipinski definition) is 3. The molecule has 0 saturated carbocycles. The van der Waals surface area contributed by atoms with Crippen molar-refractivity contribution in [2.75, 3.05) is 26.2 Å². The Bertz CT molecular complexity index is 1040. The number of likely N-dealkylation sites (tertiary alicyclic amines) is 2. The van der Waals surface area contributed by atoms with Crippen LogP contribution in [0.25, 0.3) is 21.7 Å². The van der Waals surface area contributed by atoms with Gasteiger partial charge in [0, 0.05) is 28.9 Å². The second-order valence-electron chi connectivity index (χ2n) is 8.48. The second-order valence-corrected chi connectivity index (χ2v) is 8.48. The molecule has 2 fully saturated rings. The Morgan fingerprint density at radius 2 is 1.53 bits per heavy atom. The van der Waals surface area contributed by atoms with Gasteiger partial charge in [-0.05, 0) is 74.9 Å². The molecule has 1 aromatic heterocycles. The van der Waals surface area contributed by atoms with E-state index in [1.54, 1.807) is 0 Å². The number of benzene rings is 2. The van der Waals surface area contributed by atoms with Crippen LogP contribution in [0.2, 0.25) is 0 Å². The van der Waals surface area contributed by atoms with Crippen LogP contribution in [0.3, 0.4) is 0 Å². The molecule has 5 rings (SSSR count). The van der Waals surface area contributed by atoms with Crippen molar-refractivity contribution in [3.8, 4) is 0 Å². The monoisotopic (exact) mass is 447 g/mol. The van der Waals surface area contributed by atoms with Gasteiger partial charge in [-0.3, -0.25) is 9.69 Å². The highest BCUT2D eigenvalue weighted by Crippen LogP contribution is 2.25. The van der Waals surface area contributed by atoms with E-state index in [9.17, 15) is 4.79 Å². The Kier molecular flexibility index (Phi) is 7.81. The maximum absolute atomic E-state index is 12.4. The lowest BCUT2D eigenvalue weighted by molar-refractivity contribution is 0.0897. The molecule has 6 heteroatoms. The minimum Gasteiger partial charge on any atom is -0.321 e. The van der Waals surface area contributed by atoms with Crippen LogP contribution in [0.1, 0.15) is 37.7 Å². The van der Waals surface area contributed by atoms with Crippen molar-refractivity contribution in [1.82, 2.24) is 14.8 Å². The van der Waals surface area contributed by atoms with Gasteiger partial charge >= 0.3 is 0 Å². The molecule has 0 bridgehead atoms. The number of aromatic amines is 1. The van der Waals surface area contributed by atoms with E-state index in [1.807, 2.05) is 24.3 Å².